The lowest BCUT2D eigenvalue weighted by atomic mass is 10.0. The molecule has 126 valence electrons. The molecular formula is C19H11F2N5. The number of aromatic nitrogens is 4. The van der Waals surface area contributed by atoms with E-state index in [2.05, 4.69) is 19.8 Å². The average Bonchev–Trinajstić information content (AvgIpc) is 3.10. The lowest BCUT2D eigenvalue weighted by molar-refractivity contribution is 0.146. The summed E-state index contributed by atoms with van der Waals surface area (Å²) in [6.07, 6.45) is 2.23. The second-order valence-electron chi connectivity index (χ2n) is 5.52. The van der Waals surface area contributed by atoms with Gasteiger partial charge in [-0.15, -0.1) is 0 Å². The van der Waals surface area contributed by atoms with Gasteiger partial charge >= 0.3 is 0 Å². The fourth-order valence-corrected chi connectivity index (χ4v) is 2.76. The SMILES string of the molecule is [C-]#[N+]c1cnc2ccc(-c3cccnc3-c3cccc(C(F)F)n3)cn12. The van der Waals surface area contributed by atoms with E-state index in [1.54, 1.807) is 41.1 Å². The predicted octanol–water partition coefficient (Wildman–Crippen LogP) is 4.95. The number of nitrogens with zero attached hydrogens (tertiary/aromatic N) is 5. The van der Waals surface area contributed by atoms with Crippen LogP contribution in [-0.2, 0) is 0 Å². The molecule has 0 fully saturated rings. The fraction of sp³-hybridized carbons (Fsp3) is 0.0526. The Balaban J connectivity index is 1.89. The standard InChI is InChI=1S/C19H11F2N5/c1-22-17-10-24-16-8-7-12(11-26(16)17)13-4-3-9-23-18(13)14-5-2-6-15(25-14)19(20)21/h2-11,19H. The van der Waals surface area contributed by atoms with Crippen molar-refractivity contribution in [1.29, 1.82) is 0 Å². The number of pyridine rings is 3. The van der Waals surface area contributed by atoms with Gasteiger partial charge < -0.3 is 4.85 Å². The van der Waals surface area contributed by atoms with Crippen LogP contribution < -0.4 is 0 Å². The maximum atomic E-state index is 13.0. The zero-order valence-electron chi connectivity index (χ0n) is 13.3. The molecule has 5 nitrogen and oxygen atoms in total. The molecule has 26 heavy (non-hydrogen) atoms. The van der Waals surface area contributed by atoms with Crippen molar-refractivity contribution in [2.75, 3.05) is 0 Å². The molecule has 0 aliphatic carbocycles. The Morgan fingerprint density at radius 3 is 2.73 bits per heavy atom. The normalized spacial score (nSPS) is 11.0. The molecule has 0 aromatic carbocycles. The number of hydrogen-bond donors (Lipinski definition) is 0. The van der Waals surface area contributed by atoms with Crippen molar-refractivity contribution in [1.82, 2.24) is 19.4 Å². The van der Waals surface area contributed by atoms with Gasteiger partial charge in [-0.1, -0.05) is 18.7 Å². The van der Waals surface area contributed by atoms with Gasteiger partial charge in [0.25, 0.3) is 12.2 Å². The molecule has 4 aromatic rings. The van der Waals surface area contributed by atoms with Gasteiger partial charge in [-0.05, 0) is 24.3 Å². The summed E-state index contributed by atoms with van der Waals surface area (Å²) in [6, 6.07) is 11.7. The monoisotopic (exact) mass is 347 g/mol. The molecule has 0 atom stereocenters. The van der Waals surface area contributed by atoms with Crippen LogP contribution in [0.3, 0.4) is 0 Å². The molecule has 0 unspecified atom stereocenters. The van der Waals surface area contributed by atoms with Gasteiger partial charge in [-0.2, -0.15) is 0 Å². The molecule has 0 spiro atoms. The Bertz CT molecular complexity index is 1140. The number of fused-ring (bicyclic) bond motifs is 1. The molecule has 0 aliphatic rings. The highest BCUT2D eigenvalue weighted by molar-refractivity contribution is 5.79. The molecule has 0 aliphatic heterocycles. The minimum Gasteiger partial charge on any atom is -0.362 e. The molecule has 0 N–H and O–H groups in total. The van der Waals surface area contributed by atoms with E-state index >= 15 is 0 Å². The average molecular weight is 347 g/mol. The molecule has 0 radical (unpaired) electrons. The van der Waals surface area contributed by atoms with Gasteiger partial charge in [0.05, 0.1) is 23.8 Å². The Labute approximate surface area is 147 Å². The van der Waals surface area contributed by atoms with Crippen molar-refractivity contribution >= 4 is 11.5 Å². The molecule has 4 rings (SSSR count). The minimum atomic E-state index is -2.65. The van der Waals surface area contributed by atoms with Gasteiger partial charge in [-0.25, -0.2) is 23.1 Å². The third-order valence-corrected chi connectivity index (χ3v) is 3.96. The molecule has 4 heterocycles. The van der Waals surface area contributed by atoms with Crippen LogP contribution >= 0.6 is 0 Å². The Morgan fingerprint density at radius 1 is 1.04 bits per heavy atom. The largest absolute Gasteiger partial charge is 0.362 e. The maximum Gasteiger partial charge on any atom is 0.280 e. The van der Waals surface area contributed by atoms with E-state index in [4.69, 9.17) is 6.57 Å². The molecule has 0 bridgehead atoms. The Kier molecular flexibility index (Phi) is 3.86. The van der Waals surface area contributed by atoms with E-state index in [0.717, 1.165) is 11.1 Å². The minimum absolute atomic E-state index is 0.292. The van der Waals surface area contributed by atoms with E-state index in [-0.39, 0.29) is 5.69 Å². The van der Waals surface area contributed by atoms with Crippen LogP contribution in [0.15, 0.2) is 61.1 Å². The van der Waals surface area contributed by atoms with Crippen molar-refractivity contribution in [3.63, 3.8) is 0 Å². The van der Waals surface area contributed by atoms with E-state index < -0.39 is 6.43 Å². The third kappa shape index (κ3) is 2.67. The van der Waals surface area contributed by atoms with Crippen LogP contribution in [0.5, 0.6) is 0 Å². The van der Waals surface area contributed by atoms with Crippen LogP contribution in [0.4, 0.5) is 14.6 Å². The zero-order chi connectivity index (χ0) is 18.1. The number of halogens is 2. The van der Waals surface area contributed by atoms with Crippen LogP contribution in [-0.4, -0.2) is 19.4 Å². The van der Waals surface area contributed by atoms with Gasteiger partial charge in [0.1, 0.15) is 5.69 Å². The molecule has 7 heteroatoms. The highest BCUT2D eigenvalue weighted by atomic mass is 19.3. The first kappa shape index (κ1) is 15.8. The Hall–Kier alpha value is -3.66. The van der Waals surface area contributed by atoms with Crippen molar-refractivity contribution in [2.24, 2.45) is 0 Å². The quantitative estimate of drug-likeness (QED) is 0.493. The summed E-state index contributed by atoms with van der Waals surface area (Å²) in [4.78, 5) is 16.0. The van der Waals surface area contributed by atoms with Crippen molar-refractivity contribution in [2.45, 2.75) is 6.43 Å². The highest BCUT2D eigenvalue weighted by Crippen LogP contribution is 2.31. The van der Waals surface area contributed by atoms with Crippen LogP contribution in [0.1, 0.15) is 12.1 Å². The summed E-state index contributed by atoms with van der Waals surface area (Å²) in [7, 11) is 0. The van der Waals surface area contributed by atoms with E-state index in [0.29, 0.717) is 22.9 Å². The maximum absolute atomic E-state index is 13.0. The molecule has 4 aromatic heterocycles. The highest BCUT2D eigenvalue weighted by Gasteiger charge is 2.15. The van der Waals surface area contributed by atoms with E-state index in [9.17, 15) is 8.78 Å². The number of alkyl halides is 2. The van der Waals surface area contributed by atoms with Gasteiger partial charge in [-0.3, -0.25) is 4.98 Å². The zero-order valence-corrected chi connectivity index (χ0v) is 13.3. The van der Waals surface area contributed by atoms with E-state index in [1.165, 1.54) is 12.3 Å². The predicted molar refractivity (Wildman–Crippen MR) is 92.9 cm³/mol. The smallest absolute Gasteiger partial charge is 0.280 e. The van der Waals surface area contributed by atoms with Crippen LogP contribution in [0.25, 0.3) is 33.0 Å². The summed E-state index contributed by atoms with van der Waals surface area (Å²) >= 11 is 0. The summed E-state index contributed by atoms with van der Waals surface area (Å²) in [5.41, 5.74) is 2.75. The number of rotatable bonds is 3. The second-order valence-corrected chi connectivity index (χ2v) is 5.52. The summed E-state index contributed by atoms with van der Waals surface area (Å²) < 4.78 is 27.7. The Morgan fingerprint density at radius 2 is 1.92 bits per heavy atom. The first-order valence-electron chi connectivity index (χ1n) is 7.73. The summed E-state index contributed by atoms with van der Waals surface area (Å²) in [5.74, 6) is 0.394. The molecule has 0 saturated carbocycles. The van der Waals surface area contributed by atoms with Crippen molar-refractivity contribution in [3.8, 4) is 22.5 Å². The van der Waals surface area contributed by atoms with Crippen molar-refractivity contribution in [3.05, 3.63) is 78.2 Å². The van der Waals surface area contributed by atoms with Crippen molar-refractivity contribution < 1.29 is 8.78 Å². The second kappa shape index (κ2) is 6.33. The third-order valence-electron chi connectivity index (χ3n) is 3.96. The molecule has 0 amide bonds. The molecule has 0 saturated heterocycles. The van der Waals surface area contributed by atoms with Crippen LogP contribution in [0, 0.1) is 6.57 Å². The first-order chi connectivity index (χ1) is 12.7. The summed E-state index contributed by atoms with van der Waals surface area (Å²) in [5, 5.41) is 0. The van der Waals surface area contributed by atoms with Gasteiger partial charge in [0, 0.05) is 23.4 Å². The number of hydrogen-bond acceptors (Lipinski definition) is 3. The van der Waals surface area contributed by atoms with E-state index in [1.807, 2.05) is 12.1 Å². The van der Waals surface area contributed by atoms with Crippen LogP contribution in [0.2, 0.25) is 0 Å². The first-order valence-corrected chi connectivity index (χ1v) is 7.73. The van der Waals surface area contributed by atoms with Gasteiger partial charge in [0.15, 0.2) is 0 Å². The fourth-order valence-electron chi connectivity index (χ4n) is 2.76. The molecular weight excluding hydrogens is 336 g/mol. The lowest BCUT2D eigenvalue weighted by Crippen LogP contribution is -1.96. The summed E-state index contributed by atoms with van der Waals surface area (Å²) in [6.45, 7) is 7.23. The number of imidazole rings is 1. The lowest BCUT2D eigenvalue weighted by Gasteiger charge is -2.09. The van der Waals surface area contributed by atoms with Gasteiger partial charge in [0.2, 0.25) is 5.65 Å². The topological polar surface area (TPSA) is 47.4 Å².